The summed E-state index contributed by atoms with van der Waals surface area (Å²) in [5, 5.41) is 20.8. The van der Waals surface area contributed by atoms with Crippen molar-refractivity contribution in [3.05, 3.63) is 35.9 Å². The van der Waals surface area contributed by atoms with E-state index in [1.54, 1.807) is 0 Å². The fourth-order valence-electron chi connectivity index (χ4n) is 3.43. The molecule has 0 amide bonds. The molecule has 1 aromatic rings. The third-order valence-electron chi connectivity index (χ3n) is 4.99. The van der Waals surface area contributed by atoms with Gasteiger partial charge in [-0.15, -0.1) is 0 Å². The van der Waals surface area contributed by atoms with Crippen LogP contribution in [0.25, 0.3) is 0 Å². The Morgan fingerprint density at radius 1 is 1.37 bits per heavy atom. The molecular weight excluding hydrogens is 234 g/mol. The first-order chi connectivity index (χ1) is 9.07. The lowest BCUT2D eigenvalue weighted by Crippen LogP contribution is -2.51. The second-order valence-electron chi connectivity index (χ2n) is 5.93. The van der Waals surface area contributed by atoms with Gasteiger partial charge in [0.2, 0.25) is 0 Å². The predicted molar refractivity (Wildman–Crippen MR) is 76.6 cm³/mol. The van der Waals surface area contributed by atoms with Crippen LogP contribution in [0.1, 0.15) is 57.4 Å². The Morgan fingerprint density at radius 3 is 2.63 bits per heavy atom. The summed E-state index contributed by atoms with van der Waals surface area (Å²) >= 11 is 0. The third kappa shape index (κ3) is 2.28. The van der Waals surface area contributed by atoms with Crippen molar-refractivity contribution in [2.24, 2.45) is 5.41 Å². The number of aliphatic hydroxyl groups is 1. The molecule has 0 radical (unpaired) electrons. The molecule has 2 nitrogen and oxygen atoms in total. The number of nitriles is 1. The molecule has 1 aromatic carbocycles. The summed E-state index contributed by atoms with van der Waals surface area (Å²) in [5.41, 5.74) is -0.413. The minimum atomic E-state index is -0.907. The van der Waals surface area contributed by atoms with E-state index in [0.717, 1.165) is 25.7 Å². The summed E-state index contributed by atoms with van der Waals surface area (Å²) in [6.07, 6.45) is 4.52. The molecule has 1 fully saturated rings. The van der Waals surface area contributed by atoms with Gasteiger partial charge < -0.3 is 5.11 Å². The maximum atomic E-state index is 11.3. The Morgan fingerprint density at radius 2 is 2.05 bits per heavy atom. The topological polar surface area (TPSA) is 44.0 Å². The Balaban J connectivity index is 2.44. The Kier molecular flexibility index (Phi) is 3.96. The van der Waals surface area contributed by atoms with E-state index in [-0.39, 0.29) is 5.92 Å². The van der Waals surface area contributed by atoms with Crippen molar-refractivity contribution >= 4 is 0 Å². The van der Waals surface area contributed by atoms with Crippen molar-refractivity contribution in [1.29, 1.82) is 5.26 Å². The fourth-order valence-corrected chi connectivity index (χ4v) is 3.43. The van der Waals surface area contributed by atoms with Gasteiger partial charge >= 0.3 is 0 Å². The van der Waals surface area contributed by atoms with Gasteiger partial charge in [-0.05, 0) is 31.7 Å². The normalized spacial score (nSPS) is 30.3. The van der Waals surface area contributed by atoms with E-state index in [2.05, 4.69) is 18.2 Å². The van der Waals surface area contributed by atoms with Gasteiger partial charge in [-0.25, -0.2) is 0 Å². The standard InChI is InChI=1S/C17H23NO/c1-3-16(2,13-18)17(19)12-8-7-11-15(17)14-9-5-4-6-10-14/h4-6,9-10,15,19H,3,7-8,11-12H2,1-2H3. The monoisotopic (exact) mass is 257 g/mol. The molecule has 1 aliphatic rings. The molecule has 0 saturated heterocycles. The van der Waals surface area contributed by atoms with Gasteiger partial charge in [-0.2, -0.15) is 5.26 Å². The molecule has 0 heterocycles. The molecule has 2 rings (SSSR count). The zero-order valence-electron chi connectivity index (χ0n) is 11.9. The highest BCUT2D eigenvalue weighted by molar-refractivity contribution is 5.27. The first kappa shape index (κ1) is 14.1. The Bertz CT molecular complexity index is 464. The minimum Gasteiger partial charge on any atom is -0.388 e. The molecule has 0 bridgehead atoms. The molecule has 0 spiro atoms. The van der Waals surface area contributed by atoms with Crippen molar-refractivity contribution < 1.29 is 5.11 Å². The van der Waals surface area contributed by atoms with E-state index in [0.29, 0.717) is 6.42 Å². The zero-order valence-corrected chi connectivity index (χ0v) is 11.9. The molecule has 1 saturated carbocycles. The van der Waals surface area contributed by atoms with E-state index in [1.165, 1.54) is 5.56 Å². The van der Waals surface area contributed by atoms with E-state index in [1.807, 2.05) is 32.0 Å². The lowest BCUT2D eigenvalue weighted by molar-refractivity contribution is -0.0938. The summed E-state index contributed by atoms with van der Waals surface area (Å²) in [5.74, 6) is 0.0760. The summed E-state index contributed by atoms with van der Waals surface area (Å²) in [6.45, 7) is 3.91. The van der Waals surface area contributed by atoms with Gasteiger partial charge in [0.1, 0.15) is 0 Å². The molecule has 102 valence electrons. The number of hydrogen-bond donors (Lipinski definition) is 1. The zero-order chi connectivity index (χ0) is 13.9. The average molecular weight is 257 g/mol. The summed E-state index contributed by atoms with van der Waals surface area (Å²) < 4.78 is 0. The van der Waals surface area contributed by atoms with Gasteiger partial charge in [0.15, 0.2) is 0 Å². The molecule has 19 heavy (non-hydrogen) atoms. The SMILES string of the molecule is CCC(C)(C#N)C1(O)CCCCC1c1ccccc1. The molecule has 3 atom stereocenters. The summed E-state index contributed by atoms with van der Waals surface area (Å²) in [7, 11) is 0. The lowest BCUT2D eigenvalue weighted by Gasteiger charge is -2.48. The highest BCUT2D eigenvalue weighted by Gasteiger charge is 2.52. The van der Waals surface area contributed by atoms with Crippen LogP contribution in [0, 0.1) is 16.7 Å². The van der Waals surface area contributed by atoms with Crippen molar-refractivity contribution in [3.8, 4) is 6.07 Å². The highest BCUT2D eigenvalue weighted by atomic mass is 16.3. The second-order valence-corrected chi connectivity index (χ2v) is 5.93. The van der Waals surface area contributed by atoms with E-state index >= 15 is 0 Å². The molecule has 0 aliphatic heterocycles. The maximum absolute atomic E-state index is 11.3. The quantitative estimate of drug-likeness (QED) is 0.889. The smallest absolute Gasteiger partial charge is 0.0898 e. The van der Waals surface area contributed by atoms with Crippen LogP contribution in [-0.4, -0.2) is 10.7 Å². The van der Waals surface area contributed by atoms with Crippen LogP contribution in [0.3, 0.4) is 0 Å². The van der Waals surface area contributed by atoms with Crippen LogP contribution in [-0.2, 0) is 0 Å². The van der Waals surface area contributed by atoms with E-state index in [9.17, 15) is 10.4 Å². The van der Waals surface area contributed by atoms with Crippen molar-refractivity contribution in [1.82, 2.24) is 0 Å². The fraction of sp³-hybridized carbons (Fsp3) is 0.588. The van der Waals surface area contributed by atoms with E-state index < -0.39 is 11.0 Å². The van der Waals surface area contributed by atoms with Crippen molar-refractivity contribution in [3.63, 3.8) is 0 Å². The first-order valence-corrected chi connectivity index (χ1v) is 7.26. The van der Waals surface area contributed by atoms with Gasteiger partial charge in [-0.1, -0.05) is 50.1 Å². The van der Waals surface area contributed by atoms with Crippen molar-refractivity contribution in [2.45, 2.75) is 57.5 Å². The van der Waals surface area contributed by atoms with Crippen molar-refractivity contribution in [2.75, 3.05) is 0 Å². The van der Waals surface area contributed by atoms with Crippen LogP contribution in [0.15, 0.2) is 30.3 Å². The average Bonchev–Trinajstić information content (AvgIpc) is 2.47. The van der Waals surface area contributed by atoms with Gasteiger partial charge in [0.05, 0.1) is 17.1 Å². The van der Waals surface area contributed by atoms with Crippen LogP contribution in [0.5, 0.6) is 0 Å². The molecule has 1 aliphatic carbocycles. The van der Waals surface area contributed by atoms with Crippen LogP contribution >= 0.6 is 0 Å². The molecule has 1 N–H and O–H groups in total. The minimum absolute atomic E-state index is 0.0760. The largest absolute Gasteiger partial charge is 0.388 e. The maximum Gasteiger partial charge on any atom is 0.0898 e. The molecule has 2 heteroatoms. The van der Waals surface area contributed by atoms with Crippen LogP contribution in [0.4, 0.5) is 0 Å². The number of hydrogen-bond acceptors (Lipinski definition) is 2. The van der Waals surface area contributed by atoms with Gasteiger partial charge in [0, 0.05) is 5.92 Å². The van der Waals surface area contributed by atoms with Gasteiger partial charge in [0.25, 0.3) is 0 Å². The molecule has 3 unspecified atom stereocenters. The third-order valence-corrected chi connectivity index (χ3v) is 4.99. The summed E-state index contributed by atoms with van der Waals surface area (Å²) in [4.78, 5) is 0. The van der Waals surface area contributed by atoms with Crippen LogP contribution < -0.4 is 0 Å². The second kappa shape index (κ2) is 5.35. The molecular formula is C17H23NO. The number of rotatable bonds is 3. The summed E-state index contributed by atoms with van der Waals surface area (Å²) in [6, 6.07) is 12.6. The molecule has 0 aromatic heterocycles. The Hall–Kier alpha value is -1.33. The number of benzene rings is 1. The highest BCUT2D eigenvalue weighted by Crippen LogP contribution is 2.51. The van der Waals surface area contributed by atoms with Crippen LogP contribution in [0.2, 0.25) is 0 Å². The lowest BCUT2D eigenvalue weighted by atomic mass is 9.59. The van der Waals surface area contributed by atoms with E-state index in [4.69, 9.17) is 0 Å². The number of nitrogens with zero attached hydrogens (tertiary/aromatic N) is 1. The predicted octanol–water partition coefficient (Wildman–Crippen LogP) is 4.02. The first-order valence-electron chi connectivity index (χ1n) is 7.26. The van der Waals surface area contributed by atoms with Gasteiger partial charge in [-0.3, -0.25) is 0 Å². The Labute approximate surface area is 116 Å².